The first-order valence-corrected chi connectivity index (χ1v) is 7.70. The van der Waals surface area contributed by atoms with Crippen molar-refractivity contribution in [2.24, 2.45) is 7.05 Å². The molecule has 1 atom stereocenters. The zero-order valence-electron chi connectivity index (χ0n) is 13.7. The second-order valence-corrected chi connectivity index (χ2v) is 5.56. The number of rotatable bonds is 5. The van der Waals surface area contributed by atoms with E-state index in [9.17, 15) is 9.59 Å². The molecule has 0 saturated carbocycles. The maximum absolute atomic E-state index is 12.5. The van der Waals surface area contributed by atoms with Crippen molar-refractivity contribution in [1.29, 1.82) is 0 Å². The van der Waals surface area contributed by atoms with Crippen LogP contribution in [0.15, 0.2) is 0 Å². The monoisotopic (exact) mass is 308 g/mol. The van der Waals surface area contributed by atoms with Crippen LogP contribution in [0, 0.1) is 13.8 Å². The number of nitrogens with one attached hydrogen (secondary N) is 1. The number of carbonyl (C=O) groups excluding carboxylic acids is 2. The van der Waals surface area contributed by atoms with Crippen LogP contribution >= 0.6 is 0 Å². The van der Waals surface area contributed by atoms with E-state index in [1.807, 2.05) is 6.92 Å². The van der Waals surface area contributed by atoms with Crippen LogP contribution in [-0.4, -0.2) is 42.3 Å². The van der Waals surface area contributed by atoms with E-state index in [0.29, 0.717) is 30.0 Å². The predicted molar refractivity (Wildman–Crippen MR) is 82.2 cm³/mol. The first-order chi connectivity index (χ1) is 10.5. The summed E-state index contributed by atoms with van der Waals surface area (Å²) in [4.78, 5) is 24.5. The Morgan fingerprint density at radius 1 is 1.41 bits per heavy atom. The molecule has 0 aromatic carbocycles. The van der Waals surface area contributed by atoms with Gasteiger partial charge in [0.15, 0.2) is 0 Å². The molecule has 1 amide bonds. The van der Waals surface area contributed by atoms with Crippen molar-refractivity contribution in [3.05, 3.63) is 22.5 Å². The third-order valence-electron chi connectivity index (χ3n) is 4.14. The summed E-state index contributed by atoms with van der Waals surface area (Å²) in [7, 11) is 1.77. The fourth-order valence-corrected chi connectivity index (χ4v) is 2.90. The van der Waals surface area contributed by atoms with E-state index in [1.165, 1.54) is 0 Å². The van der Waals surface area contributed by atoms with Crippen LogP contribution in [0.5, 0.6) is 0 Å². The molecule has 1 saturated heterocycles. The van der Waals surface area contributed by atoms with Crippen molar-refractivity contribution in [3.63, 3.8) is 0 Å². The molecule has 0 radical (unpaired) electrons. The highest BCUT2D eigenvalue weighted by Gasteiger charge is 2.26. The van der Waals surface area contributed by atoms with E-state index < -0.39 is 5.97 Å². The summed E-state index contributed by atoms with van der Waals surface area (Å²) in [5.41, 5.74) is 2.39. The van der Waals surface area contributed by atoms with Crippen LogP contribution in [0.4, 0.5) is 0 Å². The van der Waals surface area contributed by atoms with Crippen molar-refractivity contribution in [2.75, 3.05) is 19.8 Å². The maximum Gasteiger partial charge on any atom is 0.355 e. The number of hydrogen-bond donors (Lipinski definition) is 1. The van der Waals surface area contributed by atoms with Crippen molar-refractivity contribution in [1.82, 2.24) is 9.88 Å². The summed E-state index contributed by atoms with van der Waals surface area (Å²) in [5.74, 6) is -0.569. The van der Waals surface area contributed by atoms with Gasteiger partial charge in [0.05, 0.1) is 18.3 Å². The van der Waals surface area contributed by atoms with Gasteiger partial charge in [0.2, 0.25) is 0 Å². The van der Waals surface area contributed by atoms with Gasteiger partial charge in [0.1, 0.15) is 5.69 Å². The zero-order chi connectivity index (χ0) is 16.3. The molecule has 1 aromatic heterocycles. The minimum Gasteiger partial charge on any atom is -0.461 e. The molecular weight excluding hydrogens is 284 g/mol. The second kappa shape index (κ2) is 6.96. The molecule has 22 heavy (non-hydrogen) atoms. The predicted octanol–water partition coefficient (Wildman–Crippen LogP) is 1.73. The van der Waals surface area contributed by atoms with Crippen molar-refractivity contribution >= 4 is 11.9 Å². The largest absolute Gasteiger partial charge is 0.461 e. The SMILES string of the molecule is CCOC(=O)c1c(C)c(C(=O)NC[C@H]2CCCO2)c(C)n1C. The molecule has 1 aromatic rings. The molecule has 1 aliphatic rings. The standard InChI is InChI=1S/C16H24N2O4/c1-5-21-16(20)14-10(2)13(11(3)18(14)4)15(19)17-9-12-7-6-8-22-12/h12H,5-9H2,1-4H3,(H,17,19)/t12-/m1/s1. The number of ether oxygens (including phenoxy) is 2. The molecule has 1 aliphatic heterocycles. The highest BCUT2D eigenvalue weighted by molar-refractivity contribution is 6.01. The van der Waals surface area contributed by atoms with Gasteiger partial charge in [0, 0.05) is 25.9 Å². The fraction of sp³-hybridized carbons (Fsp3) is 0.625. The van der Waals surface area contributed by atoms with Crippen LogP contribution < -0.4 is 5.32 Å². The topological polar surface area (TPSA) is 69.6 Å². The minimum absolute atomic E-state index is 0.0952. The molecule has 0 spiro atoms. The van der Waals surface area contributed by atoms with Gasteiger partial charge >= 0.3 is 5.97 Å². The van der Waals surface area contributed by atoms with E-state index in [2.05, 4.69) is 5.32 Å². The van der Waals surface area contributed by atoms with Gasteiger partial charge in [0.25, 0.3) is 5.91 Å². The molecule has 1 N–H and O–H groups in total. The lowest BCUT2D eigenvalue weighted by atomic mass is 10.1. The maximum atomic E-state index is 12.5. The van der Waals surface area contributed by atoms with Crippen LogP contribution in [0.2, 0.25) is 0 Å². The van der Waals surface area contributed by atoms with Gasteiger partial charge in [-0.1, -0.05) is 0 Å². The molecule has 2 rings (SSSR count). The third kappa shape index (κ3) is 3.16. The Hall–Kier alpha value is -1.82. The molecule has 6 heteroatoms. The number of aromatic nitrogens is 1. The van der Waals surface area contributed by atoms with Gasteiger partial charge in [-0.25, -0.2) is 4.79 Å². The third-order valence-corrected chi connectivity index (χ3v) is 4.14. The zero-order valence-corrected chi connectivity index (χ0v) is 13.7. The molecule has 0 bridgehead atoms. The Morgan fingerprint density at radius 2 is 2.14 bits per heavy atom. The summed E-state index contributed by atoms with van der Waals surface area (Å²) in [6.07, 6.45) is 2.11. The van der Waals surface area contributed by atoms with Crippen LogP contribution in [0.1, 0.15) is 51.9 Å². The van der Waals surface area contributed by atoms with E-state index in [0.717, 1.165) is 25.1 Å². The minimum atomic E-state index is -0.399. The molecule has 122 valence electrons. The van der Waals surface area contributed by atoms with Crippen molar-refractivity contribution in [2.45, 2.75) is 39.7 Å². The van der Waals surface area contributed by atoms with Crippen molar-refractivity contribution in [3.8, 4) is 0 Å². The van der Waals surface area contributed by atoms with Crippen LogP contribution in [0.3, 0.4) is 0 Å². The lowest BCUT2D eigenvalue weighted by Crippen LogP contribution is -2.32. The molecule has 6 nitrogen and oxygen atoms in total. The Bertz CT molecular complexity index is 571. The second-order valence-electron chi connectivity index (χ2n) is 5.56. The lowest BCUT2D eigenvalue weighted by molar-refractivity contribution is 0.0514. The smallest absolute Gasteiger partial charge is 0.355 e. The molecule has 1 fully saturated rings. The van der Waals surface area contributed by atoms with E-state index >= 15 is 0 Å². The summed E-state index contributed by atoms with van der Waals surface area (Å²) in [6, 6.07) is 0. The Morgan fingerprint density at radius 3 is 2.73 bits per heavy atom. The average molecular weight is 308 g/mol. The summed E-state index contributed by atoms with van der Waals surface area (Å²) < 4.78 is 12.3. The van der Waals surface area contributed by atoms with Crippen LogP contribution in [0.25, 0.3) is 0 Å². The number of hydrogen-bond acceptors (Lipinski definition) is 4. The Labute approximate surface area is 130 Å². The molecule has 0 aliphatic carbocycles. The summed E-state index contributed by atoms with van der Waals surface area (Å²) in [5, 5.41) is 2.90. The number of esters is 1. The van der Waals surface area contributed by atoms with Crippen molar-refractivity contribution < 1.29 is 19.1 Å². The highest BCUT2D eigenvalue weighted by Crippen LogP contribution is 2.22. The quantitative estimate of drug-likeness (QED) is 0.841. The average Bonchev–Trinajstić information content (AvgIpc) is 3.05. The molecule has 2 heterocycles. The number of amides is 1. The fourth-order valence-electron chi connectivity index (χ4n) is 2.90. The lowest BCUT2D eigenvalue weighted by Gasteiger charge is -2.11. The number of nitrogens with zero attached hydrogens (tertiary/aromatic N) is 1. The Kier molecular flexibility index (Phi) is 5.24. The normalized spacial score (nSPS) is 17.5. The summed E-state index contributed by atoms with van der Waals surface area (Å²) in [6.45, 7) is 6.94. The number of carbonyl (C=O) groups is 2. The highest BCUT2D eigenvalue weighted by atomic mass is 16.5. The van der Waals surface area contributed by atoms with E-state index in [1.54, 1.807) is 25.5 Å². The van der Waals surface area contributed by atoms with Gasteiger partial charge in [-0.2, -0.15) is 0 Å². The van der Waals surface area contributed by atoms with Gasteiger partial charge in [-0.05, 0) is 39.2 Å². The summed E-state index contributed by atoms with van der Waals surface area (Å²) >= 11 is 0. The van der Waals surface area contributed by atoms with Crippen LogP contribution in [-0.2, 0) is 16.5 Å². The van der Waals surface area contributed by atoms with Gasteiger partial charge < -0.3 is 19.4 Å². The first-order valence-electron chi connectivity index (χ1n) is 7.70. The van der Waals surface area contributed by atoms with Gasteiger partial charge in [-0.15, -0.1) is 0 Å². The molecular formula is C16H24N2O4. The first kappa shape index (κ1) is 16.5. The van der Waals surface area contributed by atoms with Gasteiger partial charge in [-0.3, -0.25) is 4.79 Å². The molecule has 0 unspecified atom stereocenters. The Balaban J connectivity index is 2.17. The van der Waals surface area contributed by atoms with E-state index in [4.69, 9.17) is 9.47 Å². The van der Waals surface area contributed by atoms with E-state index in [-0.39, 0.29) is 12.0 Å².